The van der Waals surface area contributed by atoms with Crippen molar-refractivity contribution in [3.05, 3.63) is 150 Å². The number of thiophene rings is 1. The molecule has 2 heteroatoms. The smallest absolute Gasteiger partial charge is 0.0541 e. The fraction of sp³-hybridized carbons (Fsp3) is 0.0270. The number of rotatable bonds is 2. The van der Waals surface area contributed by atoms with Gasteiger partial charge in [0.25, 0.3) is 0 Å². The predicted molar refractivity (Wildman–Crippen MR) is 166 cm³/mol. The largest absolute Gasteiger partial charge is 0.309 e. The molecule has 0 aliphatic heterocycles. The third-order valence-electron chi connectivity index (χ3n) is 8.48. The van der Waals surface area contributed by atoms with Crippen molar-refractivity contribution in [3.63, 3.8) is 0 Å². The molecule has 9 rings (SSSR count). The van der Waals surface area contributed by atoms with Gasteiger partial charge in [-0.25, -0.2) is 0 Å². The molecule has 0 atom stereocenters. The zero-order valence-electron chi connectivity index (χ0n) is 21.1. The molecule has 0 radical (unpaired) electrons. The standard InChI is InChI=1S/C37H23NS/c1-3-13-29-25(9-1)26-10-2-4-14-30(26)37(29)23-17-19-34-31(21-23)27-11-5-7-15-33(27)38(34)24-18-20-36-32(22-24)28-12-6-8-16-35(28)39-36/h1-22,37H. The summed E-state index contributed by atoms with van der Waals surface area (Å²) in [5.41, 5.74) is 10.6. The Kier molecular flexibility index (Phi) is 4.33. The van der Waals surface area contributed by atoms with Crippen molar-refractivity contribution in [2.75, 3.05) is 0 Å². The molecule has 0 bridgehead atoms. The van der Waals surface area contributed by atoms with Gasteiger partial charge in [-0.3, -0.25) is 0 Å². The van der Waals surface area contributed by atoms with Crippen molar-refractivity contribution in [1.29, 1.82) is 0 Å². The Balaban J connectivity index is 1.30. The van der Waals surface area contributed by atoms with Gasteiger partial charge in [-0.15, -0.1) is 11.3 Å². The quantitative estimate of drug-likeness (QED) is 0.217. The van der Waals surface area contributed by atoms with Crippen molar-refractivity contribution in [2.24, 2.45) is 0 Å². The average Bonchev–Trinajstić information content (AvgIpc) is 3.64. The molecular weight excluding hydrogens is 490 g/mol. The van der Waals surface area contributed by atoms with Crippen LogP contribution in [0.3, 0.4) is 0 Å². The zero-order valence-corrected chi connectivity index (χ0v) is 22.0. The molecule has 0 fully saturated rings. The Morgan fingerprint density at radius 2 is 1.10 bits per heavy atom. The first-order chi connectivity index (χ1) is 19.3. The van der Waals surface area contributed by atoms with Gasteiger partial charge < -0.3 is 4.57 Å². The van der Waals surface area contributed by atoms with Crippen molar-refractivity contribution >= 4 is 53.3 Å². The molecule has 1 aliphatic carbocycles. The maximum absolute atomic E-state index is 2.44. The lowest BCUT2D eigenvalue weighted by atomic mass is 9.88. The number of hydrogen-bond acceptors (Lipinski definition) is 1. The molecule has 2 heterocycles. The fourth-order valence-electron chi connectivity index (χ4n) is 6.82. The topological polar surface area (TPSA) is 4.93 Å². The lowest BCUT2D eigenvalue weighted by Crippen LogP contribution is -1.99. The van der Waals surface area contributed by atoms with Gasteiger partial charge in [-0.1, -0.05) is 91.0 Å². The van der Waals surface area contributed by atoms with Gasteiger partial charge in [0.15, 0.2) is 0 Å². The van der Waals surface area contributed by atoms with E-state index in [4.69, 9.17) is 0 Å². The predicted octanol–water partition coefficient (Wildman–Crippen LogP) is 10.3. The molecule has 8 aromatic rings. The third kappa shape index (κ3) is 2.95. The summed E-state index contributed by atoms with van der Waals surface area (Å²) in [6.07, 6.45) is 0. The number of aromatic nitrogens is 1. The van der Waals surface area contributed by atoms with E-state index in [1.807, 2.05) is 11.3 Å². The Bertz CT molecular complexity index is 2200. The van der Waals surface area contributed by atoms with E-state index in [-0.39, 0.29) is 5.92 Å². The van der Waals surface area contributed by atoms with E-state index in [0.717, 1.165) is 0 Å². The minimum atomic E-state index is 0.248. The lowest BCUT2D eigenvalue weighted by Gasteiger charge is -2.15. The number of para-hydroxylation sites is 1. The third-order valence-corrected chi connectivity index (χ3v) is 9.63. The van der Waals surface area contributed by atoms with Gasteiger partial charge in [0, 0.05) is 42.6 Å². The summed E-state index contributed by atoms with van der Waals surface area (Å²) in [6, 6.07) is 49.4. The van der Waals surface area contributed by atoms with Crippen LogP contribution in [0.4, 0.5) is 0 Å². The normalized spacial score (nSPS) is 13.0. The van der Waals surface area contributed by atoms with Crippen molar-refractivity contribution in [1.82, 2.24) is 4.57 Å². The maximum Gasteiger partial charge on any atom is 0.0541 e. The van der Waals surface area contributed by atoms with Gasteiger partial charge >= 0.3 is 0 Å². The molecule has 2 aromatic heterocycles. The van der Waals surface area contributed by atoms with Crippen LogP contribution >= 0.6 is 11.3 Å². The Hall–Kier alpha value is -4.66. The highest BCUT2D eigenvalue weighted by atomic mass is 32.1. The molecule has 6 aromatic carbocycles. The van der Waals surface area contributed by atoms with Crippen LogP contribution in [0.2, 0.25) is 0 Å². The minimum absolute atomic E-state index is 0.248. The summed E-state index contributed by atoms with van der Waals surface area (Å²) in [7, 11) is 0. The Morgan fingerprint density at radius 1 is 0.462 bits per heavy atom. The van der Waals surface area contributed by atoms with Crippen LogP contribution in [0.1, 0.15) is 22.6 Å². The number of benzene rings is 6. The fourth-order valence-corrected chi connectivity index (χ4v) is 7.90. The van der Waals surface area contributed by atoms with Crippen molar-refractivity contribution in [2.45, 2.75) is 5.92 Å². The summed E-state index contributed by atoms with van der Waals surface area (Å²) < 4.78 is 5.12. The molecule has 0 amide bonds. The van der Waals surface area contributed by atoms with E-state index < -0.39 is 0 Å². The minimum Gasteiger partial charge on any atom is -0.309 e. The molecule has 1 nitrogen and oxygen atoms in total. The maximum atomic E-state index is 2.44. The molecule has 182 valence electrons. The zero-order chi connectivity index (χ0) is 25.5. The highest BCUT2D eigenvalue weighted by Gasteiger charge is 2.29. The SMILES string of the molecule is c1ccc2c(c1)-c1ccccc1C2c1ccc2c(c1)c1ccccc1n2-c1ccc2sc3ccccc3c2c1. The van der Waals surface area contributed by atoms with E-state index in [1.165, 1.54) is 75.5 Å². The first kappa shape index (κ1) is 21.3. The van der Waals surface area contributed by atoms with Crippen molar-refractivity contribution < 1.29 is 0 Å². The molecule has 0 saturated heterocycles. The molecule has 39 heavy (non-hydrogen) atoms. The molecule has 0 saturated carbocycles. The monoisotopic (exact) mass is 513 g/mol. The van der Waals surface area contributed by atoms with E-state index in [0.29, 0.717) is 0 Å². The van der Waals surface area contributed by atoms with Crippen LogP contribution in [0.5, 0.6) is 0 Å². The van der Waals surface area contributed by atoms with E-state index in [2.05, 4.69) is 138 Å². The summed E-state index contributed by atoms with van der Waals surface area (Å²) in [5, 5.41) is 5.26. The molecule has 1 aliphatic rings. The first-order valence-corrected chi connectivity index (χ1v) is 14.3. The number of hydrogen-bond donors (Lipinski definition) is 0. The number of fused-ring (bicyclic) bond motifs is 9. The van der Waals surface area contributed by atoms with Gasteiger partial charge in [-0.05, 0) is 70.3 Å². The van der Waals surface area contributed by atoms with E-state index in [1.54, 1.807) is 0 Å². The Labute approximate surface area is 230 Å². The van der Waals surface area contributed by atoms with Crippen LogP contribution in [0.25, 0.3) is 58.8 Å². The van der Waals surface area contributed by atoms with Gasteiger partial charge in [0.1, 0.15) is 0 Å². The van der Waals surface area contributed by atoms with Gasteiger partial charge in [0.2, 0.25) is 0 Å². The van der Waals surface area contributed by atoms with E-state index >= 15 is 0 Å². The highest BCUT2D eigenvalue weighted by Crippen LogP contribution is 2.48. The molecule has 0 spiro atoms. The van der Waals surface area contributed by atoms with Crippen LogP contribution in [-0.2, 0) is 0 Å². The van der Waals surface area contributed by atoms with Gasteiger partial charge in [0.05, 0.1) is 11.0 Å². The number of nitrogens with zero attached hydrogens (tertiary/aromatic N) is 1. The van der Waals surface area contributed by atoms with E-state index in [9.17, 15) is 0 Å². The Morgan fingerprint density at radius 3 is 1.92 bits per heavy atom. The van der Waals surface area contributed by atoms with Crippen molar-refractivity contribution in [3.8, 4) is 16.8 Å². The highest BCUT2D eigenvalue weighted by molar-refractivity contribution is 7.25. The van der Waals surface area contributed by atoms with Crippen LogP contribution in [-0.4, -0.2) is 4.57 Å². The molecule has 0 N–H and O–H groups in total. The van der Waals surface area contributed by atoms with Gasteiger partial charge in [-0.2, -0.15) is 0 Å². The second kappa shape index (κ2) is 7.92. The average molecular weight is 514 g/mol. The second-order valence-corrected chi connectivity index (χ2v) is 11.6. The summed E-state index contributed by atoms with van der Waals surface area (Å²) in [4.78, 5) is 0. The molecular formula is C37H23NS. The summed E-state index contributed by atoms with van der Waals surface area (Å²) in [6.45, 7) is 0. The summed E-state index contributed by atoms with van der Waals surface area (Å²) in [5.74, 6) is 0.248. The van der Waals surface area contributed by atoms with Crippen LogP contribution < -0.4 is 0 Å². The lowest BCUT2D eigenvalue weighted by molar-refractivity contribution is 1.02. The summed E-state index contributed by atoms with van der Waals surface area (Å²) >= 11 is 1.87. The van der Waals surface area contributed by atoms with Crippen LogP contribution in [0, 0.1) is 0 Å². The second-order valence-electron chi connectivity index (χ2n) is 10.5. The first-order valence-electron chi connectivity index (χ1n) is 13.5. The van der Waals surface area contributed by atoms with Crippen LogP contribution in [0.15, 0.2) is 133 Å². The molecule has 0 unspecified atom stereocenters.